The number of hydrogen-bond acceptors (Lipinski definition) is 6. The summed E-state index contributed by atoms with van der Waals surface area (Å²) in [6.07, 6.45) is 1.77. The number of esters is 1. The number of benzene rings is 1. The van der Waals surface area contributed by atoms with Crippen LogP contribution in [0, 0.1) is 0 Å². The van der Waals surface area contributed by atoms with E-state index >= 15 is 0 Å². The molecule has 1 fully saturated rings. The van der Waals surface area contributed by atoms with Gasteiger partial charge >= 0.3 is 5.97 Å². The highest BCUT2D eigenvalue weighted by atomic mass is 16.5. The second kappa shape index (κ2) is 7.65. The molecule has 3 rings (SSSR count). The van der Waals surface area contributed by atoms with Gasteiger partial charge in [-0.1, -0.05) is 0 Å². The molecule has 0 spiro atoms. The largest absolute Gasteiger partial charge is 0.452 e. The Hall–Kier alpha value is -3.10. The van der Waals surface area contributed by atoms with Gasteiger partial charge in [0.1, 0.15) is 6.04 Å². The molecule has 9 heteroatoms. The number of nitrogens with zero attached hydrogens (tertiary/aromatic N) is 2. The Bertz CT molecular complexity index is 792. The van der Waals surface area contributed by atoms with E-state index in [0.29, 0.717) is 5.69 Å². The lowest BCUT2D eigenvalue weighted by Crippen LogP contribution is -2.43. The van der Waals surface area contributed by atoms with Crippen molar-refractivity contribution in [1.82, 2.24) is 10.2 Å². The van der Waals surface area contributed by atoms with Crippen LogP contribution in [-0.2, 0) is 19.1 Å². The van der Waals surface area contributed by atoms with E-state index in [9.17, 15) is 19.2 Å². The van der Waals surface area contributed by atoms with Crippen LogP contribution < -0.4 is 15.5 Å². The number of amides is 3. The molecule has 27 heavy (non-hydrogen) atoms. The molecule has 0 saturated carbocycles. The molecule has 2 aliphatic heterocycles. The standard InChI is InChI=1S/C18H22N4O5/c1-21(2)16(24)9-19-15(23)10-27-18(26)11-5-6-13-12(8-11)20-17(25)14-4-3-7-22(13)14/h5-6,8,14H,3-4,7,9-10H2,1-2H3,(H,19,23)(H,20,25)/t14-/m1/s1. The van der Waals surface area contributed by atoms with E-state index in [4.69, 9.17) is 4.74 Å². The fourth-order valence-electron chi connectivity index (χ4n) is 3.16. The van der Waals surface area contributed by atoms with Crippen molar-refractivity contribution >= 4 is 35.1 Å². The van der Waals surface area contributed by atoms with Gasteiger partial charge in [-0.2, -0.15) is 0 Å². The third kappa shape index (κ3) is 4.02. The third-order valence-corrected chi connectivity index (χ3v) is 4.62. The quantitative estimate of drug-likeness (QED) is 0.701. The zero-order valence-corrected chi connectivity index (χ0v) is 15.3. The summed E-state index contributed by atoms with van der Waals surface area (Å²) in [5.74, 6) is -1.58. The first-order valence-corrected chi connectivity index (χ1v) is 8.72. The lowest BCUT2D eigenvalue weighted by Gasteiger charge is -2.33. The second-order valence-electron chi connectivity index (χ2n) is 6.71. The Balaban J connectivity index is 1.58. The van der Waals surface area contributed by atoms with Gasteiger partial charge in [-0.05, 0) is 31.0 Å². The van der Waals surface area contributed by atoms with Gasteiger partial charge in [-0.3, -0.25) is 14.4 Å². The second-order valence-corrected chi connectivity index (χ2v) is 6.71. The Labute approximate surface area is 156 Å². The van der Waals surface area contributed by atoms with Crippen LogP contribution >= 0.6 is 0 Å². The van der Waals surface area contributed by atoms with Crippen molar-refractivity contribution in [2.24, 2.45) is 0 Å². The van der Waals surface area contributed by atoms with Crippen molar-refractivity contribution in [3.63, 3.8) is 0 Å². The maximum atomic E-state index is 12.2. The van der Waals surface area contributed by atoms with Crippen molar-refractivity contribution in [2.75, 3.05) is 44.0 Å². The Morgan fingerprint density at radius 2 is 2.11 bits per heavy atom. The average Bonchev–Trinajstić information content (AvgIpc) is 3.14. The lowest BCUT2D eigenvalue weighted by molar-refractivity contribution is -0.131. The molecule has 9 nitrogen and oxygen atoms in total. The highest BCUT2D eigenvalue weighted by Gasteiger charge is 2.36. The number of nitrogens with one attached hydrogen (secondary N) is 2. The topological polar surface area (TPSA) is 108 Å². The number of ether oxygens (including phenoxy) is 1. The number of carbonyl (C=O) groups excluding carboxylic acids is 4. The van der Waals surface area contributed by atoms with Crippen LogP contribution in [0.2, 0.25) is 0 Å². The van der Waals surface area contributed by atoms with Gasteiger partial charge in [0.2, 0.25) is 11.8 Å². The van der Waals surface area contributed by atoms with E-state index in [0.717, 1.165) is 25.1 Å². The van der Waals surface area contributed by atoms with Gasteiger partial charge in [0.15, 0.2) is 6.61 Å². The molecule has 0 radical (unpaired) electrons. The summed E-state index contributed by atoms with van der Waals surface area (Å²) in [4.78, 5) is 50.8. The number of anilines is 2. The molecule has 1 aromatic rings. The summed E-state index contributed by atoms with van der Waals surface area (Å²) in [5.41, 5.74) is 1.69. The molecule has 1 saturated heterocycles. The number of hydrogen-bond donors (Lipinski definition) is 2. The SMILES string of the molecule is CN(C)C(=O)CNC(=O)COC(=O)c1ccc2c(c1)NC(=O)[C@H]1CCCN21. The minimum Gasteiger partial charge on any atom is -0.452 e. The molecule has 3 amide bonds. The van der Waals surface area contributed by atoms with Crippen LogP contribution in [0.5, 0.6) is 0 Å². The molecule has 2 heterocycles. The molecule has 1 atom stereocenters. The molecule has 1 aromatic carbocycles. The average molecular weight is 374 g/mol. The fraction of sp³-hybridized carbons (Fsp3) is 0.444. The lowest BCUT2D eigenvalue weighted by atomic mass is 10.1. The number of rotatable bonds is 5. The Kier molecular flexibility index (Phi) is 5.29. The third-order valence-electron chi connectivity index (χ3n) is 4.62. The molecular formula is C18H22N4O5. The van der Waals surface area contributed by atoms with E-state index in [-0.39, 0.29) is 30.0 Å². The monoisotopic (exact) mass is 374 g/mol. The van der Waals surface area contributed by atoms with Crippen LogP contribution in [0.1, 0.15) is 23.2 Å². The Morgan fingerprint density at radius 1 is 1.33 bits per heavy atom. The van der Waals surface area contributed by atoms with E-state index in [1.807, 2.05) is 4.90 Å². The van der Waals surface area contributed by atoms with Gasteiger partial charge in [-0.15, -0.1) is 0 Å². The van der Waals surface area contributed by atoms with E-state index in [1.165, 1.54) is 4.90 Å². The summed E-state index contributed by atoms with van der Waals surface area (Å²) in [6, 6.07) is 4.79. The van der Waals surface area contributed by atoms with Crippen LogP contribution in [0.15, 0.2) is 18.2 Å². The molecule has 2 aliphatic rings. The molecule has 0 aliphatic carbocycles. The smallest absolute Gasteiger partial charge is 0.338 e. The summed E-state index contributed by atoms with van der Waals surface area (Å²) >= 11 is 0. The van der Waals surface area contributed by atoms with E-state index in [1.54, 1.807) is 32.3 Å². The summed E-state index contributed by atoms with van der Waals surface area (Å²) in [5, 5.41) is 5.21. The van der Waals surface area contributed by atoms with E-state index in [2.05, 4.69) is 10.6 Å². The molecule has 0 unspecified atom stereocenters. The Morgan fingerprint density at radius 3 is 2.85 bits per heavy atom. The molecule has 0 bridgehead atoms. The molecule has 144 valence electrons. The van der Waals surface area contributed by atoms with Crippen LogP contribution in [0.4, 0.5) is 11.4 Å². The van der Waals surface area contributed by atoms with E-state index < -0.39 is 18.5 Å². The first-order chi connectivity index (χ1) is 12.9. The van der Waals surface area contributed by atoms with Gasteiger partial charge in [-0.25, -0.2) is 4.79 Å². The molecule has 2 N–H and O–H groups in total. The first kappa shape index (κ1) is 18.7. The van der Waals surface area contributed by atoms with Crippen molar-refractivity contribution in [3.8, 4) is 0 Å². The number of carbonyl (C=O) groups is 4. The van der Waals surface area contributed by atoms with Crippen molar-refractivity contribution in [2.45, 2.75) is 18.9 Å². The normalized spacial score (nSPS) is 17.5. The molecule has 0 aromatic heterocycles. The highest BCUT2D eigenvalue weighted by molar-refractivity contribution is 6.05. The molecular weight excluding hydrogens is 352 g/mol. The summed E-state index contributed by atoms with van der Waals surface area (Å²) < 4.78 is 4.98. The maximum absolute atomic E-state index is 12.2. The van der Waals surface area contributed by atoms with Gasteiger partial charge in [0.25, 0.3) is 5.91 Å². The van der Waals surface area contributed by atoms with Crippen LogP contribution in [0.25, 0.3) is 0 Å². The fourth-order valence-corrected chi connectivity index (χ4v) is 3.16. The number of fused-ring (bicyclic) bond motifs is 3. The highest BCUT2D eigenvalue weighted by Crippen LogP contribution is 2.37. The van der Waals surface area contributed by atoms with Crippen LogP contribution in [0.3, 0.4) is 0 Å². The summed E-state index contributed by atoms with van der Waals surface area (Å²) in [6.45, 7) is 0.156. The van der Waals surface area contributed by atoms with Gasteiger partial charge < -0.3 is 25.2 Å². The van der Waals surface area contributed by atoms with Gasteiger partial charge in [0.05, 0.1) is 23.5 Å². The minimum absolute atomic E-state index is 0.0737. The predicted octanol–water partition coefficient (Wildman–Crippen LogP) is -0.0313. The minimum atomic E-state index is -0.676. The zero-order chi connectivity index (χ0) is 19.6. The van der Waals surface area contributed by atoms with Crippen molar-refractivity contribution < 1.29 is 23.9 Å². The van der Waals surface area contributed by atoms with Gasteiger partial charge in [0, 0.05) is 20.6 Å². The van der Waals surface area contributed by atoms with Crippen LogP contribution in [-0.4, -0.2) is 68.4 Å². The first-order valence-electron chi connectivity index (χ1n) is 8.72. The van der Waals surface area contributed by atoms with Crippen molar-refractivity contribution in [3.05, 3.63) is 23.8 Å². The maximum Gasteiger partial charge on any atom is 0.338 e. The summed E-state index contributed by atoms with van der Waals surface area (Å²) in [7, 11) is 3.15. The van der Waals surface area contributed by atoms with Crippen molar-refractivity contribution in [1.29, 1.82) is 0 Å². The predicted molar refractivity (Wildman–Crippen MR) is 97.4 cm³/mol. The zero-order valence-electron chi connectivity index (χ0n) is 15.3. The number of likely N-dealkylation sites (N-methyl/N-ethyl adjacent to an activating group) is 1.